The van der Waals surface area contributed by atoms with E-state index in [2.05, 4.69) is 9.97 Å². The number of aliphatic hydroxyl groups is 1. The number of para-hydroxylation sites is 1. The van der Waals surface area contributed by atoms with Gasteiger partial charge < -0.3 is 26.0 Å². The van der Waals surface area contributed by atoms with Crippen LogP contribution in [-0.4, -0.2) is 29.3 Å². The molecule has 140 valence electrons. The van der Waals surface area contributed by atoms with Crippen LogP contribution in [0.4, 0.5) is 11.8 Å². The fourth-order valence-electron chi connectivity index (χ4n) is 3.04. The molecule has 1 aromatic heterocycles. The molecule has 0 aliphatic heterocycles. The van der Waals surface area contributed by atoms with Crippen molar-refractivity contribution in [2.24, 2.45) is 0 Å². The number of methoxy groups -OCH3 is 2. The van der Waals surface area contributed by atoms with Gasteiger partial charge in [0.15, 0.2) is 0 Å². The zero-order chi connectivity index (χ0) is 19.4. The second-order valence-corrected chi connectivity index (χ2v) is 5.99. The Kier molecular flexibility index (Phi) is 5.42. The van der Waals surface area contributed by atoms with E-state index in [0.717, 1.165) is 28.0 Å². The van der Waals surface area contributed by atoms with Crippen molar-refractivity contribution in [2.45, 2.75) is 13.0 Å². The topological polar surface area (TPSA) is 117 Å². The molecule has 3 aromatic rings. The average molecular weight is 366 g/mol. The van der Waals surface area contributed by atoms with E-state index >= 15 is 0 Å². The Morgan fingerprint density at radius 2 is 1.74 bits per heavy atom. The van der Waals surface area contributed by atoms with Gasteiger partial charge in [-0.15, -0.1) is 0 Å². The Morgan fingerprint density at radius 1 is 1.00 bits per heavy atom. The lowest BCUT2D eigenvalue weighted by Crippen LogP contribution is -2.06. The van der Waals surface area contributed by atoms with E-state index in [1.807, 2.05) is 36.4 Å². The number of hydrogen-bond donors (Lipinski definition) is 3. The lowest BCUT2D eigenvalue weighted by molar-refractivity contribution is 0.272. The van der Waals surface area contributed by atoms with Crippen LogP contribution in [0, 0.1) is 0 Å². The van der Waals surface area contributed by atoms with Gasteiger partial charge in [-0.25, -0.2) is 4.98 Å². The molecule has 2 aromatic carbocycles. The SMILES string of the molecule is COc1ccccc1-c1cc(Cc2cnc(N)nc2N)c(CO)c(OC)c1. The number of nitrogen functional groups attached to an aromatic ring is 2. The Labute approximate surface area is 157 Å². The van der Waals surface area contributed by atoms with E-state index in [1.54, 1.807) is 20.4 Å². The first-order valence-electron chi connectivity index (χ1n) is 8.38. The molecule has 5 N–H and O–H groups in total. The van der Waals surface area contributed by atoms with Crippen molar-refractivity contribution >= 4 is 11.8 Å². The van der Waals surface area contributed by atoms with Crippen molar-refractivity contribution in [1.82, 2.24) is 9.97 Å². The van der Waals surface area contributed by atoms with Crippen molar-refractivity contribution in [3.63, 3.8) is 0 Å². The van der Waals surface area contributed by atoms with Crippen LogP contribution in [0.2, 0.25) is 0 Å². The van der Waals surface area contributed by atoms with Gasteiger partial charge >= 0.3 is 0 Å². The third-order valence-electron chi connectivity index (χ3n) is 4.39. The lowest BCUT2D eigenvalue weighted by Gasteiger charge is -2.17. The van der Waals surface area contributed by atoms with Gasteiger partial charge in [-0.1, -0.05) is 24.3 Å². The first kappa shape index (κ1) is 18.5. The van der Waals surface area contributed by atoms with E-state index in [4.69, 9.17) is 20.9 Å². The summed E-state index contributed by atoms with van der Waals surface area (Å²) < 4.78 is 11.0. The Hall–Kier alpha value is -3.32. The summed E-state index contributed by atoms with van der Waals surface area (Å²) in [5, 5.41) is 9.90. The number of hydrogen-bond acceptors (Lipinski definition) is 7. The van der Waals surface area contributed by atoms with Crippen molar-refractivity contribution in [2.75, 3.05) is 25.7 Å². The first-order chi connectivity index (χ1) is 13.1. The summed E-state index contributed by atoms with van der Waals surface area (Å²) in [7, 11) is 3.20. The molecule has 1 heterocycles. The third-order valence-corrected chi connectivity index (χ3v) is 4.39. The van der Waals surface area contributed by atoms with E-state index in [9.17, 15) is 5.11 Å². The van der Waals surface area contributed by atoms with Crippen LogP contribution in [0.15, 0.2) is 42.6 Å². The van der Waals surface area contributed by atoms with Crippen molar-refractivity contribution in [3.05, 3.63) is 59.3 Å². The first-order valence-corrected chi connectivity index (χ1v) is 8.38. The monoisotopic (exact) mass is 366 g/mol. The normalized spacial score (nSPS) is 10.6. The fraction of sp³-hybridized carbons (Fsp3) is 0.200. The van der Waals surface area contributed by atoms with Crippen LogP contribution in [0.3, 0.4) is 0 Å². The molecule has 0 spiro atoms. The van der Waals surface area contributed by atoms with Crippen LogP contribution in [-0.2, 0) is 13.0 Å². The summed E-state index contributed by atoms with van der Waals surface area (Å²) in [5.41, 5.74) is 15.7. The highest BCUT2D eigenvalue weighted by Crippen LogP contribution is 2.36. The van der Waals surface area contributed by atoms with Gasteiger partial charge in [0.05, 0.1) is 20.8 Å². The molecule has 0 aliphatic rings. The highest BCUT2D eigenvalue weighted by molar-refractivity contribution is 5.73. The van der Waals surface area contributed by atoms with Crippen LogP contribution >= 0.6 is 0 Å². The minimum absolute atomic E-state index is 0.124. The van der Waals surface area contributed by atoms with Crippen molar-refractivity contribution in [1.29, 1.82) is 0 Å². The van der Waals surface area contributed by atoms with E-state index in [0.29, 0.717) is 23.6 Å². The predicted octanol–water partition coefficient (Wildman–Crippen LogP) is 2.41. The van der Waals surface area contributed by atoms with E-state index < -0.39 is 0 Å². The summed E-state index contributed by atoms with van der Waals surface area (Å²) in [5.74, 6) is 1.77. The molecule has 3 rings (SSSR count). The highest BCUT2D eigenvalue weighted by Gasteiger charge is 2.16. The Bertz CT molecular complexity index is 960. The lowest BCUT2D eigenvalue weighted by atomic mass is 9.94. The number of ether oxygens (including phenoxy) is 2. The van der Waals surface area contributed by atoms with Crippen LogP contribution in [0.25, 0.3) is 11.1 Å². The molecule has 7 nitrogen and oxygen atoms in total. The third kappa shape index (κ3) is 3.78. The second kappa shape index (κ2) is 7.92. The molecule has 0 aliphatic carbocycles. The fourth-order valence-corrected chi connectivity index (χ4v) is 3.04. The molecule has 0 amide bonds. The van der Waals surface area contributed by atoms with Gasteiger partial charge in [0, 0.05) is 29.3 Å². The smallest absolute Gasteiger partial charge is 0.221 e. The highest BCUT2D eigenvalue weighted by atomic mass is 16.5. The zero-order valence-electron chi connectivity index (χ0n) is 15.3. The average Bonchev–Trinajstić information content (AvgIpc) is 2.69. The maximum absolute atomic E-state index is 9.90. The molecule has 0 saturated heterocycles. The quantitative estimate of drug-likeness (QED) is 0.613. The van der Waals surface area contributed by atoms with Crippen LogP contribution < -0.4 is 20.9 Å². The summed E-state index contributed by atoms with van der Waals surface area (Å²) in [4.78, 5) is 8.02. The van der Waals surface area contributed by atoms with Gasteiger partial charge in [0.1, 0.15) is 17.3 Å². The molecule has 0 fully saturated rings. The number of nitrogens with two attached hydrogens (primary N) is 2. The van der Waals surface area contributed by atoms with Crippen molar-refractivity contribution in [3.8, 4) is 22.6 Å². The molecule has 0 unspecified atom stereocenters. The van der Waals surface area contributed by atoms with Gasteiger partial charge in [-0.05, 0) is 23.3 Å². The number of aliphatic hydroxyl groups excluding tert-OH is 1. The number of nitrogens with zero attached hydrogens (tertiary/aromatic N) is 2. The molecule has 27 heavy (non-hydrogen) atoms. The van der Waals surface area contributed by atoms with E-state index in [1.165, 1.54) is 0 Å². The standard InChI is InChI=1S/C20H22N4O3/c1-26-17-6-4-3-5-15(17)13-7-12(16(11-25)18(9-13)27-2)8-14-10-23-20(22)24-19(14)21/h3-7,9-10,25H,8,11H2,1-2H3,(H4,21,22,23,24). The molecule has 0 bridgehead atoms. The molecule has 0 saturated carbocycles. The van der Waals surface area contributed by atoms with Crippen molar-refractivity contribution < 1.29 is 14.6 Å². The maximum Gasteiger partial charge on any atom is 0.221 e. The summed E-state index contributed by atoms with van der Waals surface area (Å²) >= 11 is 0. The molecule has 0 radical (unpaired) electrons. The summed E-state index contributed by atoms with van der Waals surface area (Å²) in [6.07, 6.45) is 2.03. The molecular weight excluding hydrogens is 344 g/mol. The number of aromatic nitrogens is 2. The zero-order valence-corrected chi connectivity index (χ0v) is 15.3. The number of anilines is 2. The minimum atomic E-state index is -0.166. The van der Waals surface area contributed by atoms with E-state index in [-0.39, 0.29) is 12.6 Å². The molecular formula is C20H22N4O3. The summed E-state index contributed by atoms with van der Waals surface area (Å²) in [6.45, 7) is -0.166. The number of benzene rings is 2. The minimum Gasteiger partial charge on any atom is -0.496 e. The van der Waals surface area contributed by atoms with Gasteiger partial charge in [0.25, 0.3) is 0 Å². The van der Waals surface area contributed by atoms with Gasteiger partial charge in [0.2, 0.25) is 5.95 Å². The maximum atomic E-state index is 9.90. The van der Waals surface area contributed by atoms with Crippen LogP contribution in [0.1, 0.15) is 16.7 Å². The number of rotatable bonds is 6. The van der Waals surface area contributed by atoms with Gasteiger partial charge in [-0.3, -0.25) is 0 Å². The predicted molar refractivity (Wildman–Crippen MR) is 105 cm³/mol. The second-order valence-electron chi connectivity index (χ2n) is 5.99. The molecule has 0 atom stereocenters. The largest absolute Gasteiger partial charge is 0.496 e. The summed E-state index contributed by atoms with van der Waals surface area (Å²) in [6, 6.07) is 11.6. The Balaban J connectivity index is 2.14. The Morgan fingerprint density at radius 3 is 2.41 bits per heavy atom. The van der Waals surface area contributed by atoms with Gasteiger partial charge in [-0.2, -0.15) is 4.98 Å². The van der Waals surface area contributed by atoms with Crippen LogP contribution in [0.5, 0.6) is 11.5 Å². The molecule has 7 heteroatoms.